The lowest BCUT2D eigenvalue weighted by Gasteiger charge is -2.12. The number of hydrogen-bond donors (Lipinski definition) is 2. The summed E-state index contributed by atoms with van der Waals surface area (Å²) in [5.41, 5.74) is 1.32. The quantitative estimate of drug-likeness (QED) is 0.778. The van der Waals surface area contributed by atoms with Crippen LogP contribution < -0.4 is 5.32 Å². The van der Waals surface area contributed by atoms with Crippen molar-refractivity contribution in [3.8, 4) is 5.75 Å². The monoisotopic (exact) mass is 289 g/mol. The fourth-order valence-electron chi connectivity index (χ4n) is 1.75. The predicted octanol–water partition coefficient (Wildman–Crippen LogP) is 2.42. The van der Waals surface area contributed by atoms with Gasteiger partial charge >= 0.3 is 0 Å². The molecule has 1 fully saturated rings. The maximum absolute atomic E-state index is 9.26. The number of rotatable bonds is 1. The molecule has 0 radical (unpaired) electrons. The van der Waals surface area contributed by atoms with Gasteiger partial charge in [0, 0.05) is 9.61 Å². The third-order valence-corrected chi connectivity index (χ3v) is 3.35. The van der Waals surface area contributed by atoms with Crippen LogP contribution in [0.2, 0.25) is 0 Å². The summed E-state index contributed by atoms with van der Waals surface area (Å²) in [6.07, 6.45) is 2.46. The molecule has 0 saturated carbocycles. The van der Waals surface area contributed by atoms with E-state index in [9.17, 15) is 5.11 Å². The molecular formula is C10H12INO. The average Bonchev–Trinajstić information content (AvgIpc) is 2.56. The molecule has 1 unspecified atom stereocenters. The van der Waals surface area contributed by atoms with Gasteiger partial charge in [-0.15, -0.1) is 0 Å². The van der Waals surface area contributed by atoms with Gasteiger partial charge in [0.05, 0.1) is 0 Å². The molecule has 2 rings (SSSR count). The molecular weight excluding hydrogens is 277 g/mol. The van der Waals surface area contributed by atoms with Crippen LogP contribution in [0.3, 0.4) is 0 Å². The van der Waals surface area contributed by atoms with Gasteiger partial charge in [0.15, 0.2) is 0 Å². The summed E-state index contributed by atoms with van der Waals surface area (Å²) in [4.78, 5) is 0. The molecule has 2 nitrogen and oxygen atoms in total. The second-order valence-electron chi connectivity index (χ2n) is 3.35. The lowest BCUT2D eigenvalue weighted by atomic mass is 10.1. The van der Waals surface area contributed by atoms with Crippen molar-refractivity contribution in [3.05, 3.63) is 27.3 Å². The van der Waals surface area contributed by atoms with Crippen LogP contribution in [0.1, 0.15) is 24.4 Å². The molecule has 0 bridgehead atoms. The number of nitrogens with one attached hydrogen (secondary N) is 1. The molecule has 1 aliphatic rings. The van der Waals surface area contributed by atoms with Gasteiger partial charge in [0.2, 0.25) is 0 Å². The third-order valence-electron chi connectivity index (χ3n) is 2.42. The van der Waals surface area contributed by atoms with Gasteiger partial charge in [-0.2, -0.15) is 0 Å². The molecule has 1 aromatic rings. The highest BCUT2D eigenvalue weighted by molar-refractivity contribution is 14.1. The zero-order chi connectivity index (χ0) is 9.26. The number of aromatic hydroxyl groups is 1. The fourth-order valence-corrected chi connectivity index (χ4v) is 2.62. The Morgan fingerprint density at radius 2 is 2.31 bits per heavy atom. The molecule has 0 aromatic heterocycles. The predicted molar refractivity (Wildman–Crippen MR) is 60.8 cm³/mol. The van der Waals surface area contributed by atoms with E-state index < -0.39 is 0 Å². The van der Waals surface area contributed by atoms with E-state index in [4.69, 9.17) is 0 Å². The number of halogens is 1. The van der Waals surface area contributed by atoms with Crippen molar-refractivity contribution < 1.29 is 5.11 Å². The lowest BCUT2D eigenvalue weighted by Crippen LogP contribution is -2.13. The largest absolute Gasteiger partial charge is 0.508 e. The Kier molecular flexibility index (Phi) is 2.74. The van der Waals surface area contributed by atoms with Crippen molar-refractivity contribution in [3.63, 3.8) is 0 Å². The van der Waals surface area contributed by atoms with Gasteiger partial charge in [-0.1, -0.05) is 6.07 Å². The maximum atomic E-state index is 9.26. The van der Waals surface area contributed by atoms with Gasteiger partial charge in [0.1, 0.15) is 5.75 Å². The van der Waals surface area contributed by atoms with Crippen molar-refractivity contribution in [1.82, 2.24) is 5.32 Å². The van der Waals surface area contributed by atoms with E-state index in [-0.39, 0.29) is 0 Å². The maximum Gasteiger partial charge on any atom is 0.116 e. The Hall–Kier alpha value is -0.290. The van der Waals surface area contributed by atoms with Crippen LogP contribution in [0, 0.1) is 3.57 Å². The van der Waals surface area contributed by atoms with Gasteiger partial charge in [-0.05, 0) is 59.7 Å². The summed E-state index contributed by atoms with van der Waals surface area (Å²) < 4.78 is 1.15. The standard InChI is InChI=1S/C10H12INO/c11-9-6-7(13)3-4-8(9)10-2-1-5-12-10/h3-4,6,10,12-13H,1-2,5H2. The SMILES string of the molecule is Oc1ccc(C2CCCN2)c(I)c1. The molecule has 0 amide bonds. The number of phenolic OH excluding ortho intramolecular Hbond substituents is 1. The van der Waals surface area contributed by atoms with Crippen LogP contribution in [-0.4, -0.2) is 11.7 Å². The Morgan fingerprint density at radius 3 is 2.92 bits per heavy atom. The minimum absolute atomic E-state index is 0.353. The molecule has 0 spiro atoms. The smallest absolute Gasteiger partial charge is 0.116 e. The van der Waals surface area contributed by atoms with Crippen LogP contribution in [0.5, 0.6) is 5.75 Å². The molecule has 70 valence electrons. The average molecular weight is 289 g/mol. The summed E-state index contributed by atoms with van der Waals surface area (Å²) >= 11 is 2.28. The normalized spacial score (nSPS) is 22.1. The lowest BCUT2D eigenvalue weighted by molar-refractivity contribution is 0.474. The van der Waals surface area contributed by atoms with Crippen LogP contribution in [0.15, 0.2) is 18.2 Å². The van der Waals surface area contributed by atoms with Crippen molar-refractivity contribution in [2.45, 2.75) is 18.9 Å². The van der Waals surface area contributed by atoms with E-state index in [0.29, 0.717) is 11.8 Å². The first-order valence-electron chi connectivity index (χ1n) is 4.49. The zero-order valence-corrected chi connectivity index (χ0v) is 9.41. The number of phenols is 1. The fraction of sp³-hybridized carbons (Fsp3) is 0.400. The van der Waals surface area contributed by atoms with E-state index in [2.05, 4.69) is 27.9 Å². The molecule has 1 aromatic carbocycles. The van der Waals surface area contributed by atoms with Crippen molar-refractivity contribution in [2.75, 3.05) is 6.54 Å². The minimum atomic E-state index is 0.353. The Bertz CT molecular complexity index is 308. The Balaban J connectivity index is 2.29. The molecule has 1 atom stereocenters. The Morgan fingerprint density at radius 1 is 1.46 bits per heavy atom. The topological polar surface area (TPSA) is 32.3 Å². The number of hydrogen-bond acceptors (Lipinski definition) is 2. The summed E-state index contributed by atoms with van der Waals surface area (Å²) in [7, 11) is 0. The first-order valence-corrected chi connectivity index (χ1v) is 5.57. The van der Waals surface area contributed by atoms with E-state index in [0.717, 1.165) is 10.1 Å². The van der Waals surface area contributed by atoms with Crippen molar-refractivity contribution in [2.24, 2.45) is 0 Å². The summed E-state index contributed by atoms with van der Waals surface area (Å²) in [5.74, 6) is 0.353. The first-order chi connectivity index (χ1) is 6.27. The summed E-state index contributed by atoms with van der Waals surface area (Å²) in [5, 5.41) is 12.7. The van der Waals surface area contributed by atoms with Gasteiger partial charge in [-0.3, -0.25) is 0 Å². The van der Waals surface area contributed by atoms with Crippen LogP contribution in [0.25, 0.3) is 0 Å². The van der Waals surface area contributed by atoms with Gasteiger partial charge < -0.3 is 10.4 Å². The van der Waals surface area contributed by atoms with E-state index >= 15 is 0 Å². The highest BCUT2D eigenvalue weighted by Crippen LogP contribution is 2.29. The summed E-state index contributed by atoms with van der Waals surface area (Å²) in [6, 6.07) is 6.08. The van der Waals surface area contributed by atoms with Crippen LogP contribution >= 0.6 is 22.6 Å². The molecule has 1 saturated heterocycles. The van der Waals surface area contributed by atoms with E-state index in [1.807, 2.05) is 12.1 Å². The highest BCUT2D eigenvalue weighted by atomic mass is 127. The van der Waals surface area contributed by atoms with Crippen molar-refractivity contribution >= 4 is 22.6 Å². The second-order valence-corrected chi connectivity index (χ2v) is 4.52. The first kappa shape index (κ1) is 9.27. The third kappa shape index (κ3) is 1.96. The summed E-state index contributed by atoms with van der Waals surface area (Å²) in [6.45, 7) is 1.11. The molecule has 0 aliphatic carbocycles. The molecule has 13 heavy (non-hydrogen) atoms. The van der Waals surface area contributed by atoms with Crippen molar-refractivity contribution in [1.29, 1.82) is 0 Å². The van der Waals surface area contributed by atoms with E-state index in [1.165, 1.54) is 18.4 Å². The molecule has 3 heteroatoms. The molecule has 2 N–H and O–H groups in total. The zero-order valence-electron chi connectivity index (χ0n) is 7.26. The van der Waals surface area contributed by atoms with E-state index in [1.54, 1.807) is 6.07 Å². The molecule has 1 heterocycles. The van der Waals surface area contributed by atoms with Gasteiger partial charge in [-0.25, -0.2) is 0 Å². The minimum Gasteiger partial charge on any atom is -0.508 e. The highest BCUT2D eigenvalue weighted by Gasteiger charge is 2.18. The Labute approximate surface area is 91.5 Å². The van der Waals surface area contributed by atoms with Crippen LogP contribution in [0.4, 0.5) is 0 Å². The number of benzene rings is 1. The second kappa shape index (κ2) is 3.84. The van der Waals surface area contributed by atoms with Crippen LogP contribution in [-0.2, 0) is 0 Å². The van der Waals surface area contributed by atoms with Gasteiger partial charge in [0.25, 0.3) is 0 Å². The molecule has 1 aliphatic heterocycles.